The minimum atomic E-state index is -4.73. The molecule has 6 heterocycles. The topological polar surface area (TPSA) is 259 Å². The molecule has 0 saturated heterocycles. The number of rotatable bonds is 4. The molecule has 0 unspecified atom stereocenters. The predicted octanol–water partition coefficient (Wildman–Crippen LogP) is 7.09. The summed E-state index contributed by atoms with van der Waals surface area (Å²) in [7, 11) is -4.73. The van der Waals surface area contributed by atoms with Crippen LogP contribution in [0.4, 0.5) is 0 Å². The van der Waals surface area contributed by atoms with Gasteiger partial charge in [0.1, 0.15) is 21.8 Å². The van der Waals surface area contributed by atoms with Crippen LogP contribution in [0.2, 0.25) is 0 Å². The fraction of sp³-hybridized carbons (Fsp3) is 0. The van der Waals surface area contributed by atoms with E-state index in [-0.39, 0.29) is 25.0 Å². The first-order valence-electron chi connectivity index (χ1n) is 18.3. The van der Waals surface area contributed by atoms with E-state index >= 15 is 0 Å². The number of carbonyl (C=O) groups is 1. The third-order valence-corrected chi connectivity index (χ3v) is 10.5. The minimum Gasteiger partial charge on any atom is -0.872 e. The Morgan fingerprint density at radius 3 is 1.31 bits per heavy atom. The summed E-state index contributed by atoms with van der Waals surface area (Å²) in [5.41, 5.74) is 8.87. The van der Waals surface area contributed by atoms with E-state index in [4.69, 9.17) is 15.1 Å². The third-order valence-electron chi connectivity index (χ3n) is 9.70. The SMILES string of the molecule is O=C(O)c1cc(S(=O)(=O)[O-])ccc1[O-].[OH3+].[Zn+2].c1ccc(-c2nc3c4cccnc4c4ncccc4c3[nH]2)cc1.c1ccc(-c2nc3c4cccnc4c4ncccc4c3[nH]2)cc1. The number of pyridine rings is 4. The van der Waals surface area contributed by atoms with Gasteiger partial charge in [-0.2, -0.15) is 0 Å². The summed E-state index contributed by atoms with van der Waals surface area (Å²) >= 11 is 0. The maximum atomic E-state index is 10.9. The summed E-state index contributed by atoms with van der Waals surface area (Å²) in [4.78, 5) is 44.4. The molecule has 300 valence electrons. The zero-order chi connectivity index (χ0) is 41.4. The summed E-state index contributed by atoms with van der Waals surface area (Å²) in [6.45, 7) is 0. The summed E-state index contributed by atoms with van der Waals surface area (Å²) in [5.74, 6) is -0.686. The van der Waals surface area contributed by atoms with Gasteiger partial charge in [-0.05, 0) is 60.7 Å². The molecule has 0 saturated carbocycles. The Kier molecular flexibility index (Phi) is 12.1. The Bertz CT molecular complexity index is 3200. The molecule has 0 amide bonds. The van der Waals surface area contributed by atoms with E-state index in [0.29, 0.717) is 6.07 Å². The molecular weight excluding hydrogens is 862 g/mol. The molecule has 62 heavy (non-hydrogen) atoms. The van der Waals surface area contributed by atoms with E-state index in [0.717, 1.165) is 101 Å². The first-order valence-corrected chi connectivity index (χ1v) is 19.7. The van der Waals surface area contributed by atoms with Gasteiger partial charge >= 0.3 is 25.4 Å². The molecule has 0 aliphatic heterocycles. The van der Waals surface area contributed by atoms with Crippen molar-refractivity contribution in [3.05, 3.63) is 158 Å². The summed E-state index contributed by atoms with van der Waals surface area (Å²) < 4.78 is 31.4. The Labute approximate surface area is 364 Å². The molecule has 0 radical (unpaired) electrons. The second-order valence-electron chi connectivity index (χ2n) is 13.4. The number of aromatic nitrogens is 8. The van der Waals surface area contributed by atoms with Crippen molar-refractivity contribution in [3.63, 3.8) is 0 Å². The molecule has 15 nitrogen and oxygen atoms in total. The number of H-pyrrole nitrogens is 2. The van der Waals surface area contributed by atoms with Crippen LogP contribution in [0.15, 0.2) is 157 Å². The van der Waals surface area contributed by atoms with Crippen LogP contribution in [0, 0.1) is 0 Å². The van der Waals surface area contributed by atoms with Gasteiger partial charge in [0.05, 0.1) is 54.6 Å². The second kappa shape index (κ2) is 17.6. The van der Waals surface area contributed by atoms with Crippen molar-refractivity contribution in [2.45, 2.75) is 4.90 Å². The third kappa shape index (κ3) is 8.03. The zero-order valence-electron chi connectivity index (χ0n) is 32.3. The molecule has 6 N–H and O–H groups in total. The van der Waals surface area contributed by atoms with E-state index < -0.39 is 32.3 Å². The first-order chi connectivity index (χ1) is 29.2. The molecule has 11 aromatic rings. The van der Waals surface area contributed by atoms with Crippen LogP contribution >= 0.6 is 0 Å². The molecular formula is C45H31N8O7SZn+. The molecule has 17 heteroatoms. The van der Waals surface area contributed by atoms with Gasteiger partial charge in [0.2, 0.25) is 0 Å². The fourth-order valence-electron chi connectivity index (χ4n) is 6.98. The molecule has 0 aliphatic rings. The number of aromatic amines is 2. The van der Waals surface area contributed by atoms with Crippen molar-refractivity contribution in [1.29, 1.82) is 0 Å². The second-order valence-corrected chi connectivity index (χ2v) is 14.7. The maximum absolute atomic E-state index is 10.9. The van der Waals surface area contributed by atoms with Crippen LogP contribution < -0.4 is 5.11 Å². The van der Waals surface area contributed by atoms with Crippen molar-refractivity contribution in [3.8, 4) is 28.5 Å². The number of carboxylic acids is 1. The van der Waals surface area contributed by atoms with Crippen LogP contribution in [0.3, 0.4) is 0 Å². The Morgan fingerprint density at radius 2 is 0.919 bits per heavy atom. The number of hydrogen-bond acceptors (Lipinski definition) is 11. The molecule has 6 aromatic heterocycles. The summed E-state index contributed by atoms with van der Waals surface area (Å²) in [6.07, 6.45) is 7.20. The van der Waals surface area contributed by atoms with Gasteiger partial charge in [-0.1, -0.05) is 72.5 Å². The van der Waals surface area contributed by atoms with Gasteiger partial charge in [0.15, 0.2) is 0 Å². The number of carboxylic acid groups (broad SMARTS) is 1. The monoisotopic (exact) mass is 891 g/mol. The van der Waals surface area contributed by atoms with E-state index in [1.165, 1.54) is 0 Å². The van der Waals surface area contributed by atoms with E-state index in [1.807, 2.05) is 60.7 Å². The fourth-order valence-corrected chi connectivity index (χ4v) is 7.48. The van der Waals surface area contributed by atoms with E-state index in [1.54, 1.807) is 24.8 Å². The predicted molar refractivity (Wildman–Crippen MR) is 230 cm³/mol. The Hall–Kier alpha value is -7.56. The average Bonchev–Trinajstić information content (AvgIpc) is 3.95. The summed E-state index contributed by atoms with van der Waals surface area (Å²) in [5, 5.41) is 23.5. The first kappa shape index (κ1) is 42.6. The minimum absolute atomic E-state index is 0. The number of aromatic carboxylic acids is 1. The molecule has 0 spiro atoms. The van der Waals surface area contributed by atoms with E-state index in [9.17, 15) is 22.9 Å². The van der Waals surface area contributed by atoms with Gasteiger partial charge in [0.25, 0.3) is 0 Å². The van der Waals surface area contributed by atoms with Gasteiger partial charge in [0, 0.05) is 57.5 Å². The number of nitrogens with one attached hydrogen (secondary N) is 2. The van der Waals surface area contributed by atoms with Crippen LogP contribution in [0.1, 0.15) is 10.4 Å². The van der Waals surface area contributed by atoms with Gasteiger partial charge in [-0.15, -0.1) is 0 Å². The van der Waals surface area contributed by atoms with Crippen molar-refractivity contribution < 1.29 is 52.9 Å². The zero-order valence-corrected chi connectivity index (χ0v) is 36.1. The molecule has 0 fully saturated rings. The quantitative estimate of drug-likeness (QED) is 0.0692. The van der Waals surface area contributed by atoms with Crippen LogP contribution in [-0.2, 0) is 35.1 Å². The number of fused-ring (bicyclic) bond motifs is 12. The van der Waals surface area contributed by atoms with Crippen molar-refractivity contribution in [2.75, 3.05) is 0 Å². The Balaban J connectivity index is 0.000000142. The smallest absolute Gasteiger partial charge is 0.872 e. The van der Waals surface area contributed by atoms with Crippen LogP contribution in [0.25, 0.3) is 88.5 Å². The molecule has 0 aliphatic carbocycles. The normalized spacial score (nSPS) is 11.0. The maximum Gasteiger partial charge on any atom is 2.00 e. The number of benzene rings is 5. The summed E-state index contributed by atoms with van der Waals surface area (Å²) in [6, 6.07) is 38.3. The Morgan fingerprint density at radius 1 is 0.532 bits per heavy atom. The van der Waals surface area contributed by atoms with Crippen LogP contribution in [0.5, 0.6) is 5.75 Å². The van der Waals surface area contributed by atoms with Crippen LogP contribution in [-0.4, -0.2) is 63.9 Å². The van der Waals surface area contributed by atoms with Gasteiger partial charge < -0.3 is 30.2 Å². The molecule has 11 rings (SSSR count). The number of hydrogen-bond donors (Lipinski definition) is 3. The van der Waals surface area contributed by atoms with Crippen molar-refractivity contribution >= 4 is 81.8 Å². The van der Waals surface area contributed by atoms with Gasteiger partial charge in [-0.3, -0.25) is 19.9 Å². The average molecular weight is 893 g/mol. The standard InChI is InChI=1S/2C19H12N4.C7H6O6S.H2O.Zn/c2*1-2-6-12(7-3-1)19-22-17-13-8-4-10-20-15(13)16-14(18(17)23-19)9-5-11-21-16;8-6-2-1-4(14(11,12)13)3-5(6)7(9)10;;/h2*1-11H,(H,22,23);1-3,8H,(H,9,10)(H,11,12,13);1H2;/q;;;;+2/p-1. The molecule has 0 atom stereocenters. The number of nitrogens with zero attached hydrogens (tertiary/aromatic N) is 6. The van der Waals surface area contributed by atoms with Crippen molar-refractivity contribution in [2.24, 2.45) is 0 Å². The molecule has 5 aromatic carbocycles. The molecule has 0 bridgehead atoms. The van der Waals surface area contributed by atoms with E-state index in [2.05, 4.69) is 78.4 Å². The van der Waals surface area contributed by atoms with Gasteiger partial charge in [-0.25, -0.2) is 23.2 Å². The van der Waals surface area contributed by atoms with Crippen molar-refractivity contribution in [1.82, 2.24) is 39.9 Å². The number of imidazole rings is 2. The largest absolute Gasteiger partial charge is 2.00 e.